The normalized spacial score (nSPS) is 14.4. The van der Waals surface area contributed by atoms with Crippen LogP contribution >= 0.6 is 0 Å². The molecule has 4 amide bonds. The van der Waals surface area contributed by atoms with Crippen molar-refractivity contribution in [3.8, 4) is 0 Å². The van der Waals surface area contributed by atoms with Crippen molar-refractivity contribution < 1.29 is 34.2 Å². The second kappa shape index (κ2) is 11.8. The second-order valence-electron chi connectivity index (χ2n) is 7.74. The average molecular weight is 476 g/mol. The average Bonchev–Trinajstić information content (AvgIpc) is 3.17. The molecule has 34 heavy (non-hydrogen) atoms. The Kier molecular flexibility index (Phi) is 9.10. The Morgan fingerprint density at radius 3 is 2.38 bits per heavy atom. The lowest BCUT2D eigenvalue weighted by Gasteiger charge is -2.22. The molecule has 0 saturated heterocycles. The predicted octanol–water partition coefficient (Wildman–Crippen LogP) is -2.54. The highest BCUT2D eigenvalue weighted by Gasteiger charge is 2.30. The summed E-state index contributed by atoms with van der Waals surface area (Å²) in [5.74, 6) is -4.93. The van der Waals surface area contributed by atoms with Gasteiger partial charge in [0, 0.05) is 17.1 Å². The van der Waals surface area contributed by atoms with Gasteiger partial charge in [-0.15, -0.1) is 0 Å². The van der Waals surface area contributed by atoms with Gasteiger partial charge >= 0.3 is 5.97 Å². The van der Waals surface area contributed by atoms with Gasteiger partial charge in [-0.25, -0.2) is 4.79 Å². The highest BCUT2D eigenvalue weighted by molar-refractivity contribution is 5.95. The molecule has 0 aliphatic rings. The molecule has 1 aromatic heterocycles. The van der Waals surface area contributed by atoms with Crippen LogP contribution in [0, 0.1) is 0 Å². The molecule has 13 heteroatoms. The van der Waals surface area contributed by atoms with Gasteiger partial charge in [0.05, 0.1) is 25.1 Å². The van der Waals surface area contributed by atoms with E-state index in [9.17, 15) is 29.1 Å². The number of fused-ring (bicyclic) bond motifs is 1. The van der Waals surface area contributed by atoms with Crippen molar-refractivity contribution >= 4 is 40.5 Å². The fourth-order valence-corrected chi connectivity index (χ4v) is 3.23. The maximum atomic E-state index is 12.3. The largest absolute Gasteiger partial charge is 0.480 e. The van der Waals surface area contributed by atoms with E-state index in [4.69, 9.17) is 16.6 Å². The highest BCUT2D eigenvalue weighted by Crippen LogP contribution is 2.18. The van der Waals surface area contributed by atoms with Crippen LogP contribution < -0.4 is 27.4 Å². The number of nitrogens with two attached hydrogens (primary N) is 2. The molecular weight excluding hydrogens is 448 g/mol. The fourth-order valence-electron chi connectivity index (χ4n) is 3.23. The Morgan fingerprint density at radius 2 is 1.76 bits per heavy atom. The SMILES string of the molecule is CC(O)C(NC(=O)C(CC(N)=O)NC(=O)CNC(=O)C(N)Cc1c[nH]c2ccccc12)C(=O)O. The Hall–Kier alpha value is -3.97. The minimum atomic E-state index is -1.66. The van der Waals surface area contributed by atoms with Crippen molar-refractivity contribution in [2.75, 3.05) is 6.54 Å². The van der Waals surface area contributed by atoms with Crippen LogP contribution in [0.3, 0.4) is 0 Å². The third-order valence-electron chi connectivity index (χ3n) is 4.98. The Labute approximate surface area is 194 Å². The molecule has 0 fully saturated rings. The summed E-state index contributed by atoms with van der Waals surface area (Å²) in [4.78, 5) is 62.4. The number of hydrogen-bond donors (Lipinski definition) is 8. The summed E-state index contributed by atoms with van der Waals surface area (Å²) in [5, 5.41) is 26.1. The van der Waals surface area contributed by atoms with Crippen LogP contribution in [0.5, 0.6) is 0 Å². The van der Waals surface area contributed by atoms with Crippen LogP contribution in [0.1, 0.15) is 18.9 Å². The maximum absolute atomic E-state index is 12.3. The molecule has 13 nitrogen and oxygen atoms in total. The third-order valence-corrected chi connectivity index (χ3v) is 4.98. The zero-order valence-corrected chi connectivity index (χ0v) is 18.4. The standard InChI is InChI=1S/C21H28N6O7/c1-10(28)18(21(33)34)27-20(32)15(7-16(23)29)26-17(30)9-25-19(31)13(22)6-11-8-24-14-5-3-2-4-12(11)14/h2-5,8,10,13,15,18,24,28H,6-7,9,22H2,1H3,(H2,23,29)(H,25,31)(H,26,30)(H,27,32)(H,33,34). The molecular formula is C21H28N6O7. The van der Waals surface area contributed by atoms with Crippen LogP contribution in [-0.4, -0.2) is 75.6 Å². The first-order chi connectivity index (χ1) is 16.0. The van der Waals surface area contributed by atoms with Gasteiger partial charge in [0.2, 0.25) is 23.6 Å². The summed E-state index contributed by atoms with van der Waals surface area (Å²) < 4.78 is 0. The maximum Gasteiger partial charge on any atom is 0.328 e. The number of primary amides is 1. The molecule has 0 aliphatic carbocycles. The zero-order chi connectivity index (χ0) is 25.4. The van der Waals surface area contributed by atoms with Gasteiger partial charge in [-0.1, -0.05) is 18.2 Å². The number of carbonyl (C=O) groups is 5. The molecule has 1 heterocycles. The number of aliphatic hydroxyl groups is 1. The van der Waals surface area contributed by atoms with Crippen LogP contribution in [-0.2, 0) is 30.4 Å². The van der Waals surface area contributed by atoms with Crippen molar-refractivity contribution in [2.24, 2.45) is 11.5 Å². The molecule has 0 saturated carbocycles. The fraction of sp³-hybridized carbons (Fsp3) is 0.381. The number of aliphatic hydroxyl groups excluding tert-OH is 1. The van der Waals surface area contributed by atoms with E-state index in [1.807, 2.05) is 29.6 Å². The van der Waals surface area contributed by atoms with Gasteiger partial charge in [0.1, 0.15) is 6.04 Å². The number of hydrogen-bond acceptors (Lipinski definition) is 7. The second-order valence-corrected chi connectivity index (χ2v) is 7.74. The molecule has 1 aromatic carbocycles. The van der Waals surface area contributed by atoms with E-state index in [1.165, 1.54) is 0 Å². The number of carbonyl (C=O) groups excluding carboxylic acids is 4. The first-order valence-corrected chi connectivity index (χ1v) is 10.4. The lowest BCUT2D eigenvalue weighted by atomic mass is 10.1. The van der Waals surface area contributed by atoms with E-state index in [0.717, 1.165) is 23.4 Å². The topological polar surface area (TPSA) is 230 Å². The molecule has 4 unspecified atom stereocenters. The highest BCUT2D eigenvalue weighted by atomic mass is 16.4. The lowest BCUT2D eigenvalue weighted by Crippen LogP contribution is -2.56. The lowest BCUT2D eigenvalue weighted by molar-refractivity contribution is -0.145. The van der Waals surface area contributed by atoms with E-state index in [-0.39, 0.29) is 6.42 Å². The molecule has 0 aliphatic heterocycles. The molecule has 4 atom stereocenters. The first-order valence-electron chi connectivity index (χ1n) is 10.4. The van der Waals surface area contributed by atoms with Crippen LogP contribution in [0.4, 0.5) is 0 Å². The van der Waals surface area contributed by atoms with Gasteiger partial charge in [0.25, 0.3) is 0 Å². The molecule has 184 valence electrons. The van der Waals surface area contributed by atoms with Gasteiger partial charge in [-0.3, -0.25) is 19.2 Å². The predicted molar refractivity (Wildman–Crippen MR) is 120 cm³/mol. The van der Waals surface area contributed by atoms with Crippen molar-refractivity contribution in [1.29, 1.82) is 0 Å². The Morgan fingerprint density at radius 1 is 1.09 bits per heavy atom. The molecule has 0 radical (unpaired) electrons. The van der Waals surface area contributed by atoms with Crippen molar-refractivity contribution in [2.45, 2.75) is 44.0 Å². The Bertz CT molecular complexity index is 1070. The summed E-state index contributed by atoms with van der Waals surface area (Å²) in [7, 11) is 0. The number of aromatic nitrogens is 1. The van der Waals surface area contributed by atoms with Crippen molar-refractivity contribution in [3.05, 3.63) is 36.0 Å². The Balaban J connectivity index is 1.92. The van der Waals surface area contributed by atoms with E-state index in [1.54, 1.807) is 6.20 Å². The zero-order valence-electron chi connectivity index (χ0n) is 18.4. The minimum absolute atomic E-state index is 0.208. The number of aliphatic carboxylic acids is 1. The number of benzene rings is 1. The number of rotatable bonds is 12. The van der Waals surface area contributed by atoms with Gasteiger partial charge in [-0.2, -0.15) is 0 Å². The summed E-state index contributed by atoms with van der Waals surface area (Å²) in [5.41, 5.74) is 12.8. The molecule has 10 N–H and O–H groups in total. The first kappa shape index (κ1) is 26.3. The number of carboxylic acid groups (broad SMARTS) is 1. The monoisotopic (exact) mass is 476 g/mol. The van der Waals surface area contributed by atoms with E-state index in [0.29, 0.717) is 0 Å². The van der Waals surface area contributed by atoms with E-state index >= 15 is 0 Å². The number of amides is 4. The molecule has 0 spiro atoms. The van der Waals surface area contributed by atoms with Crippen molar-refractivity contribution in [1.82, 2.24) is 20.9 Å². The minimum Gasteiger partial charge on any atom is -0.480 e. The summed E-state index contributed by atoms with van der Waals surface area (Å²) in [6.45, 7) is 0.595. The number of nitrogens with one attached hydrogen (secondary N) is 4. The van der Waals surface area contributed by atoms with Crippen LogP contribution in [0.2, 0.25) is 0 Å². The van der Waals surface area contributed by atoms with Gasteiger partial charge in [-0.05, 0) is 25.0 Å². The summed E-state index contributed by atoms with van der Waals surface area (Å²) in [6, 6.07) is 3.35. The van der Waals surface area contributed by atoms with Gasteiger partial charge in [0.15, 0.2) is 6.04 Å². The molecule has 2 aromatic rings. The summed E-state index contributed by atoms with van der Waals surface area (Å²) in [6.07, 6.45) is -0.114. The smallest absolute Gasteiger partial charge is 0.328 e. The summed E-state index contributed by atoms with van der Waals surface area (Å²) >= 11 is 0. The number of aromatic amines is 1. The third kappa shape index (κ3) is 7.28. The van der Waals surface area contributed by atoms with Crippen LogP contribution in [0.25, 0.3) is 10.9 Å². The number of carboxylic acids is 1. The number of H-pyrrole nitrogens is 1. The van der Waals surface area contributed by atoms with E-state index in [2.05, 4.69) is 15.6 Å². The van der Waals surface area contributed by atoms with Gasteiger partial charge < -0.3 is 42.6 Å². The quantitative estimate of drug-likeness (QED) is 0.162. The molecule has 0 bridgehead atoms. The molecule has 2 rings (SSSR count). The number of para-hydroxylation sites is 1. The van der Waals surface area contributed by atoms with Crippen LogP contribution in [0.15, 0.2) is 30.5 Å². The van der Waals surface area contributed by atoms with Crippen molar-refractivity contribution in [3.63, 3.8) is 0 Å². The van der Waals surface area contributed by atoms with E-state index < -0.39 is 66.8 Å².